The number of hydrogen-bond donors (Lipinski definition) is 2. The van der Waals surface area contributed by atoms with Crippen molar-refractivity contribution in [3.63, 3.8) is 0 Å². The Morgan fingerprint density at radius 2 is 1.84 bits per heavy atom. The van der Waals surface area contributed by atoms with E-state index in [0.29, 0.717) is 41.0 Å². The highest BCUT2D eigenvalue weighted by atomic mass is 35.5. The number of nitrogens with one attached hydrogen (secondary N) is 2. The third kappa shape index (κ3) is 5.31. The van der Waals surface area contributed by atoms with Crippen molar-refractivity contribution in [2.45, 2.75) is 6.92 Å². The Kier molecular flexibility index (Phi) is 6.47. The third-order valence-corrected chi connectivity index (χ3v) is 5.05. The molecule has 0 radical (unpaired) electrons. The first-order valence-electron chi connectivity index (χ1n) is 10.1. The second-order valence-corrected chi connectivity index (χ2v) is 7.71. The van der Waals surface area contributed by atoms with Gasteiger partial charge < -0.3 is 25.0 Å². The van der Waals surface area contributed by atoms with Gasteiger partial charge in [0.05, 0.1) is 12.2 Å². The Balaban J connectivity index is 1.43. The maximum atomic E-state index is 12.5. The number of ether oxygens (including phenoxy) is 2. The fourth-order valence-corrected chi connectivity index (χ4v) is 3.53. The van der Waals surface area contributed by atoms with Crippen LogP contribution in [0.4, 0.5) is 21.9 Å². The van der Waals surface area contributed by atoms with Gasteiger partial charge in [0.25, 0.3) is 5.91 Å². The molecule has 32 heavy (non-hydrogen) atoms. The monoisotopic (exact) mass is 451 g/mol. The van der Waals surface area contributed by atoms with E-state index >= 15 is 0 Å². The van der Waals surface area contributed by atoms with E-state index in [9.17, 15) is 9.59 Å². The maximum Gasteiger partial charge on any atom is 0.323 e. The van der Waals surface area contributed by atoms with Crippen molar-refractivity contribution in [2.24, 2.45) is 0 Å². The summed E-state index contributed by atoms with van der Waals surface area (Å²) in [6.07, 6.45) is 0. The summed E-state index contributed by atoms with van der Waals surface area (Å²) in [5.74, 6) is 1.14. The number of hydrogen-bond acceptors (Lipinski definition) is 4. The van der Waals surface area contributed by atoms with Crippen LogP contribution in [0.25, 0.3) is 0 Å². The highest BCUT2D eigenvalue weighted by Crippen LogP contribution is 2.34. The predicted octanol–water partition coefficient (Wildman–Crippen LogP) is 5.10. The fraction of sp³-hybridized carbons (Fsp3) is 0.167. The lowest BCUT2D eigenvalue weighted by Gasteiger charge is -2.29. The van der Waals surface area contributed by atoms with E-state index in [0.717, 1.165) is 11.3 Å². The summed E-state index contributed by atoms with van der Waals surface area (Å²) in [6, 6.07) is 19.3. The topological polar surface area (TPSA) is 79.9 Å². The second kappa shape index (κ2) is 9.62. The van der Waals surface area contributed by atoms with Crippen LogP contribution in [0.2, 0.25) is 5.02 Å². The number of carbonyl (C=O) groups is 2. The van der Waals surface area contributed by atoms with E-state index in [2.05, 4.69) is 10.6 Å². The minimum Gasteiger partial charge on any atom is -0.492 e. The molecule has 7 nitrogen and oxygen atoms in total. The van der Waals surface area contributed by atoms with E-state index in [1.54, 1.807) is 47.4 Å². The van der Waals surface area contributed by atoms with Crippen LogP contribution >= 0.6 is 11.6 Å². The van der Waals surface area contributed by atoms with Crippen molar-refractivity contribution in [1.82, 2.24) is 0 Å². The molecule has 164 valence electrons. The molecule has 0 aromatic heterocycles. The second-order valence-electron chi connectivity index (χ2n) is 7.27. The van der Waals surface area contributed by atoms with Gasteiger partial charge in [-0.05, 0) is 61.0 Å². The molecule has 0 spiro atoms. The summed E-state index contributed by atoms with van der Waals surface area (Å²) < 4.78 is 11.3. The largest absolute Gasteiger partial charge is 0.492 e. The van der Waals surface area contributed by atoms with Crippen molar-refractivity contribution >= 4 is 40.6 Å². The smallest absolute Gasteiger partial charge is 0.323 e. The lowest BCUT2D eigenvalue weighted by Crippen LogP contribution is -2.41. The van der Waals surface area contributed by atoms with E-state index in [4.69, 9.17) is 21.1 Å². The molecule has 1 aliphatic rings. The van der Waals surface area contributed by atoms with Gasteiger partial charge >= 0.3 is 6.03 Å². The van der Waals surface area contributed by atoms with Crippen LogP contribution in [0, 0.1) is 6.92 Å². The summed E-state index contributed by atoms with van der Waals surface area (Å²) in [7, 11) is 0. The first-order valence-corrected chi connectivity index (χ1v) is 10.5. The molecule has 3 aromatic carbocycles. The Hall–Kier alpha value is -3.71. The molecule has 1 heterocycles. The Morgan fingerprint density at radius 1 is 1.06 bits per heavy atom. The zero-order chi connectivity index (χ0) is 22.5. The maximum absolute atomic E-state index is 12.5. The molecule has 0 bridgehead atoms. The van der Waals surface area contributed by atoms with Gasteiger partial charge in [-0.1, -0.05) is 29.8 Å². The molecule has 2 N–H and O–H groups in total. The third-order valence-electron chi connectivity index (χ3n) is 4.82. The van der Waals surface area contributed by atoms with Gasteiger partial charge in [0.1, 0.15) is 18.1 Å². The van der Waals surface area contributed by atoms with Crippen molar-refractivity contribution in [3.8, 4) is 11.5 Å². The van der Waals surface area contributed by atoms with Crippen molar-refractivity contribution in [1.29, 1.82) is 0 Å². The molecular weight excluding hydrogens is 430 g/mol. The van der Waals surface area contributed by atoms with Gasteiger partial charge in [0, 0.05) is 16.4 Å². The Morgan fingerprint density at radius 3 is 2.62 bits per heavy atom. The zero-order valence-electron chi connectivity index (χ0n) is 17.4. The van der Waals surface area contributed by atoms with Crippen LogP contribution in [0.3, 0.4) is 0 Å². The van der Waals surface area contributed by atoms with Gasteiger partial charge in [-0.25, -0.2) is 4.79 Å². The molecule has 0 atom stereocenters. The summed E-state index contributed by atoms with van der Waals surface area (Å²) >= 11 is 5.95. The number of carbonyl (C=O) groups excluding carboxylic acids is 2. The normalized spacial score (nSPS) is 12.6. The van der Waals surface area contributed by atoms with Crippen LogP contribution in [-0.4, -0.2) is 31.7 Å². The van der Waals surface area contributed by atoms with E-state index in [-0.39, 0.29) is 12.5 Å². The van der Waals surface area contributed by atoms with Crippen molar-refractivity contribution in [2.75, 3.05) is 35.3 Å². The van der Waals surface area contributed by atoms with Gasteiger partial charge in [-0.3, -0.25) is 4.79 Å². The average molecular weight is 452 g/mol. The van der Waals surface area contributed by atoms with Gasteiger partial charge in [0.2, 0.25) is 0 Å². The molecule has 0 aliphatic carbocycles. The Bertz CT molecular complexity index is 1150. The quantitative estimate of drug-likeness (QED) is 0.546. The van der Waals surface area contributed by atoms with Crippen molar-refractivity contribution < 1.29 is 19.1 Å². The first kappa shape index (κ1) is 21.5. The van der Waals surface area contributed by atoms with Gasteiger partial charge in [0.15, 0.2) is 6.61 Å². The molecule has 3 aromatic rings. The molecule has 1 aliphatic heterocycles. The SMILES string of the molecule is Cc1cccc(OCCN2C(=O)COc3ccc(NC(=O)Nc4cccc(Cl)c4)cc32)c1. The Labute approximate surface area is 190 Å². The predicted molar refractivity (Wildman–Crippen MR) is 125 cm³/mol. The van der Waals surface area contributed by atoms with Crippen LogP contribution in [0.15, 0.2) is 66.7 Å². The molecule has 8 heteroatoms. The average Bonchev–Trinajstić information content (AvgIpc) is 2.75. The van der Waals surface area contributed by atoms with Crippen LogP contribution in [0.5, 0.6) is 11.5 Å². The summed E-state index contributed by atoms with van der Waals surface area (Å²) in [6.45, 7) is 2.62. The van der Waals surface area contributed by atoms with Gasteiger partial charge in [-0.15, -0.1) is 0 Å². The highest BCUT2D eigenvalue weighted by molar-refractivity contribution is 6.30. The molecule has 0 saturated carbocycles. The molecule has 0 unspecified atom stereocenters. The molecule has 0 fully saturated rings. The number of nitrogens with zero attached hydrogens (tertiary/aromatic N) is 1. The minimum absolute atomic E-state index is 0.0422. The number of benzene rings is 3. The summed E-state index contributed by atoms with van der Waals surface area (Å²) in [5.41, 5.74) is 2.77. The number of amides is 3. The van der Waals surface area contributed by atoms with Crippen molar-refractivity contribution in [3.05, 3.63) is 77.3 Å². The van der Waals surface area contributed by atoms with E-state index in [1.165, 1.54) is 0 Å². The summed E-state index contributed by atoms with van der Waals surface area (Å²) in [4.78, 5) is 26.5. The standard InChI is InChI=1S/C24H22ClN3O4/c1-16-4-2-7-20(12-16)31-11-10-28-21-14-19(8-9-22(21)32-15-23(28)29)27-24(30)26-18-6-3-5-17(25)13-18/h2-9,12-14H,10-11,15H2,1H3,(H2,26,27,30). The molecular formula is C24H22ClN3O4. The highest BCUT2D eigenvalue weighted by Gasteiger charge is 2.26. The number of urea groups is 1. The number of halogens is 1. The van der Waals surface area contributed by atoms with E-state index < -0.39 is 6.03 Å². The summed E-state index contributed by atoms with van der Waals surface area (Å²) in [5, 5.41) is 6.01. The lowest BCUT2D eigenvalue weighted by molar-refractivity contribution is -0.121. The molecule has 0 saturated heterocycles. The van der Waals surface area contributed by atoms with Crippen LogP contribution < -0.4 is 25.0 Å². The number of anilines is 3. The minimum atomic E-state index is -0.426. The fourth-order valence-electron chi connectivity index (χ4n) is 3.34. The van der Waals surface area contributed by atoms with E-state index in [1.807, 2.05) is 31.2 Å². The number of rotatable bonds is 6. The lowest BCUT2D eigenvalue weighted by atomic mass is 10.2. The number of aryl methyl sites for hydroxylation is 1. The molecule has 3 amide bonds. The zero-order valence-corrected chi connectivity index (χ0v) is 18.2. The first-order chi connectivity index (χ1) is 15.5. The molecule has 4 rings (SSSR count). The number of fused-ring (bicyclic) bond motifs is 1. The van der Waals surface area contributed by atoms with Crippen LogP contribution in [0.1, 0.15) is 5.56 Å². The van der Waals surface area contributed by atoms with Gasteiger partial charge in [-0.2, -0.15) is 0 Å². The van der Waals surface area contributed by atoms with Crippen LogP contribution in [-0.2, 0) is 4.79 Å².